The van der Waals surface area contributed by atoms with Crippen LogP contribution in [0.5, 0.6) is 0 Å². The Balaban J connectivity index is 1.30. The average Bonchev–Trinajstić information content (AvgIpc) is 3.02. The maximum atomic E-state index is 12.2. The number of hydrogen-bond acceptors (Lipinski definition) is 3. The second-order valence-corrected chi connectivity index (χ2v) is 8.13. The molecule has 3 N–H and O–H groups in total. The molecule has 0 atom stereocenters. The molecule has 0 unspecified atom stereocenters. The Hall–Kier alpha value is -3.15. The van der Waals surface area contributed by atoms with Crippen molar-refractivity contribution >= 4 is 34.2 Å². The molecule has 29 heavy (non-hydrogen) atoms. The lowest BCUT2D eigenvalue weighted by Gasteiger charge is -2.24. The van der Waals surface area contributed by atoms with Crippen molar-refractivity contribution in [1.82, 2.24) is 9.97 Å². The van der Waals surface area contributed by atoms with Crippen LogP contribution in [0, 0.1) is 11.8 Å². The van der Waals surface area contributed by atoms with Crippen LogP contribution in [0.15, 0.2) is 42.5 Å². The van der Waals surface area contributed by atoms with Gasteiger partial charge in [0.1, 0.15) is 5.82 Å². The van der Waals surface area contributed by atoms with Gasteiger partial charge in [0, 0.05) is 28.8 Å². The molecule has 0 radical (unpaired) electrons. The molecule has 6 nitrogen and oxygen atoms in total. The van der Waals surface area contributed by atoms with Crippen molar-refractivity contribution in [3.8, 4) is 11.4 Å². The Labute approximate surface area is 169 Å². The number of carbonyl (C=O) groups excluding carboxylic acids is 2. The predicted molar refractivity (Wildman–Crippen MR) is 113 cm³/mol. The number of rotatable bonds is 5. The van der Waals surface area contributed by atoms with E-state index < -0.39 is 0 Å². The molecule has 6 heteroatoms. The monoisotopic (exact) mass is 388 g/mol. The first-order valence-electron chi connectivity index (χ1n) is 10.4. The summed E-state index contributed by atoms with van der Waals surface area (Å²) in [7, 11) is 0. The third-order valence-corrected chi connectivity index (χ3v) is 6.13. The van der Waals surface area contributed by atoms with Crippen molar-refractivity contribution in [2.24, 2.45) is 11.8 Å². The first-order chi connectivity index (χ1) is 14.2. The number of fused-ring (bicyclic) bond motifs is 1. The molecule has 0 spiro atoms. The van der Waals surface area contributed by atoms with E-state index in [1.165, 1.54) is 0 Å². The van der Waals surface area contributed by atoms with Gasteiger partial charge in [0.05, 0.1) is 11.0 Å². The molecule has 148 valence electrons. The predicted octanol–water partition coefficient (Wildman–Crippen LogP) is 4.71. The summed E-state index contributed by atoms with van der Waals surface area (Å²) >= 11 is 0. The van der Waals surface area contributed by atoms with Crippen molar-refractivity contribution < 1.29 is 9.59 Å². The van der Waals surface area contributed by atoms with E-state index in [1.807, 2.05) is 42.5 Å². The molecule has 0 saturated heterocycles. The fourth-order valence-electron chi connectivity index (χ4n) is 3.77. The normalized spacial score (nSPS) is 16.8. The van der Waals surface area contributed by atoms with Crippen LogP contribution in [0.2, 0.25) is 0 Å². The smallest absolute Gasteiger partial charge is 0.227 e. The molecule has 2 fully saturated rings. The highest BCUT2D eigenvalue weighted by atomic mass is 16.2. The van der Waals surface area contributed by atoms with Crippen LogP contribution in [0.25, 0.3) is 22.4 Å². The van der Waals surface area contributed by atoms with E-state index in [2.05, 4.69) is 20.6 Å². The molecule has 2 aliphatic carbocycles. The quantitative estimate of drug-likeness (QED) is 0.592. The van der Waals surface area contributed by atoms with E-state index in [4.69, 9.17) is 0 Å². The maximum absolute atomic E-state index is 12.2. The highest BCUT2D eigenvalue weighted by Crippen LogP contribution is 2.30. The van der Waals surface area contributed by atoms with Crippen LogP contribution in [0.4, 0.5) is 11.4 Å². The minimum absolute atomic E-state index is 0.106. The van der Waals surface area contributed by atoms with Gasteiger partial charge in [0.25, 0.3) is 0 Å². The summed E-state index contributed by atoms with van der Waals surface area (Å²) in [6.45, 7) is 0. The number of H-pyrrole nitrogens is 1. The average molecular weight is 388 g/mol. The Morgan fingerprint density at radius 2 is 1.41 bits per heavy atom. The zero-order valence-corrected chi connectivity index (χ0v) is 16.2. The topological polar surface area (TPSA) is 86.9 Å². The standard InChI is InChI=1S/C23H24N4O2/c28-22(15-3-1-4-15)24-17-9-7-14(8-10-17)21-26-19-12-11-18(13-20(19)27-21)25-23(29)16-5-2-6-16/h7-13,15-16H,1-6H2,(H,24,28)(H,25,29)(H,26,27). The second kappa shape index (κ2) is 7.35. The van der Waals surface area contributed by atoms with Gasteiger partial charge in [-0.25, -0.2) is 4.98 Å². The second-order valence-electron chi connectivity index (χ2n) is 8.13. The molecule has 2 aliphatic rings. The number of benzene rings is 2. The Bertz CT molecular complexity index is 1060. The molecule has 3 aromatic rings. The van der Waals surface area contributed by atoms with Crippen molar-refractivity contribution in [2.45, 2.75) is 38.5 Å². The van der Waals surface area contributed by atoms with Gasteiger partial charge in [-0.15, -0.1) is 0 Å². The zero-order valence-electron chi connectivity index (χ0n) is 16.2. The number of nitrogens with zero attached hydrogens (tertiary/aromatic N) is 1. The minimum Gasteiger partial charge on any atom is -0.338 e. The van der Waals surface area contributed by atoms with Crippen molar-refractivity contribution in [2.75, 3.05) is 10.6 Å². The number of anilines is 2. The summed E-state index contributed by atoms with van der Waals surface area (Å²) in [4.78, 5) is 32.2. The third kappa shape index (κ3) is 3.62. The van der Waals surface area contributed by atoms with Gasteiger partial charge in [-0.2, -0.15) is 0 Å². The summed E-state index contributed by atoms with van der Waals surface area (Å²) in [5.74, 6) is 1.31. The van der Waals surface area contributed by atoms with Gasteiger partial charge in [0.2, 0.25) is 11.8 Å². The van der Waals surface area contributed by atoms with E-state index in [9.17, 15) is 9.59 Å². The van der Waals surface area contributed by atoms with E-state index >= 15 is 0 Å². The molecule has 1 heterocycles. The van der Waals surface area contributed by atoms with Crippen LogP contribution in [-0.2, 0) is 9.59 Å². The zero-order chi connectivity index (χ0) is 19.8. The highest BCUT2D eigenvalue weighted by Gasteiger charge is 2.26. The lowest BCUT2D eigenvalue weighted by Crippen LogP contribution is -2.27. The SMILES string of the molecule is O=C(Nc1ccc(-c2nc3ccc(NC(=O)C4CCC4)cc3[nH]2)cc1)C1CCC1. The number of imidazole rings is 1. The lowest BCUT2D eigenvalue weighted by atomic mass is 9.85. The first kappa shape index (κ1) is 17.9. The number of hydrogen-bond donors (Lipinski definition) is 3. The summed E-state index contributed by atoms with van der Waals surface area (Å²) in [6, 6.07) is 13.4. The van der Waals surface area contributed by atoms with Gasteiger partial charge in [0.15, 0.2) is 0 Å². The number of carbonyl (C=O) groups is 2. The van der Waals surface area contributed by atoms with Crippen molar-refractivity contribution in [3.05, 3.63) is 42.5 Å². The molecule has 0 aliphatic heterocycles. The van der Waals surface area contributed by atoms with Gasteiger partial charge in [-0.1, -0.05) is 12.8 Å². The van der Waals surface area contributed by atoms with Crippen molar-refractivity contribution in [3.63, 3.8) is 0 Å². The Kier molecular flexibility index (Phi) is 4.54. The van der Waals surface area contributed by atoms with E-state index in [0.29, 0.717) is 0 Å². The van der Waals surface area contributed by atoms with Crippen LogP contribution in [0.3, 0.4) is 0 Å². The summed E-state index contributed by atoms with van der Waals surface area (Å²) in [5.41, 5.74) is 4.28. The number of nitrogens with one attached hydrogen (secondary N) is 3. The Morgan fingerprint density at radius 1 is 0.828 bits per heavy atom. The fourth-order valence-corrected chi connectivity index (χ4v) is 3.77. The molecular formula is C23H24N4O2. The fraction of sp³-hybridized carbons (Fsp3) is 0.348. The highest BCUT2D eigenvalue weighted by molar-refractivity contribution is 5.95. The lowest BCUT2D eigenvalue weighted by molar-refractivity contribution is -0.122. The summed E-state index contributed by atoms with van der Waals surface area (Å²) in [6.07, 6.45) is 6.25. The molecule has 2 aromatic carbocycles. The van der Waals surface area contributed by atoms with E-state index in [1.54, 1.807) is 0 Å². The van der Waals surface area contributed by atoms with Gasteiger partial charge in [-0.3, -0.25) is 9.59 Å². The molecule has 2 amide bonds. The van der Waals surface area contributed by atoms with Gasteiger partial charge < -0.3 is 15.6 Å². The largest absolute Gasteiger partial charge is 0.338 e. The van der Waals surface area contributed by atoms with Crippen LogP contribution in [-0.4, -0.2) is 21.8 Å². The van der Waals surface area contributed by atoms with Crippen LogP contribution >= 0.6 is 0 Å². The van der Waals surface area contributed by atoms with Crippen LogP contribution in [0.1, 0.15) is 38.5 Å². The molecular weight excluding hydrogens is 364 g/mol. The molecule has 0 bridgehead atoms. The molecule has 1 aromatic heterocycles. The third-order valence-electron chi connectivity index (χ3n) is 6.13. The Morgan fingerprint density at radius 3 is 2.00 bits per heavy atom. The van der Waals surface area contributed by atoms with Gasteiger partial charge >= 0.3 is 0 Å². The van der Waals surface area contributed by atoms with E-state index in [-0.39, 0.29) is 23.7 Å². The minimum atomic E-state index is 0.106. The number of amides is 2. The number of aromatic amines is 1. The van der Waals surface area contributed by atoms with Crippen LogP contribution < -0.4 is 10.6 Å². The molecule has 2 saturated carbocycles. The summed E-state index contributed by atoms with van der Waals surface area (Å²) in [5, 5.41) is 5.99. The van der Waals surface area contributed by atoms with Crippen molar-refractivity contribution in [1.29, 1.82) is 0 Å². The van der Waals surface area contributed by atoms with E-state index in [0.717, 1.165) is 72.3 Å². The molecule has 5 rings (SSSR count). The maximum Gasteiger partial charge on any atom is 0.227 e. The summed E-state index contributed by atoms with van der Waals surface area (Å²) < 4.78 is 0. The first-order valence-corrected chi connectivity index (χ1v) is 10.4. The van der Waals surface area contributed by atoms with Gasteiger partial charge in [-0.05, 0) is 68.1 Å². The number of aromatic nitrogens is 2.